The van der Waals surface area contributed by atoms with Crippen molar-refractivity contribution in [2.75, 3.05) is 18.0 Å². The molecule has 0 amide bonds. The van der Waals surface area contributed by atoms with Crippen molar-refractivity contribution in [3.05, 3.63) is 29.8 Å². The molecule has 82 valence electrons. The summed E-state index contributed by atoms with van der Waals surface area (Å²) in [5, 5.41) is 0. The van der Waals surface area contributed by atoms with E-state index in [0.717, 1.165) is 25.6 Å². The molecule has 0 aromatic heterocycles. The second kappa shape index (κ2) is 4.67. The first-order valence-electron chi connectivity index (χ1n) is 5.91. The zero-order valence-electron chi connectivity index (χ0n) is 9.45. The van der Waals surface area contributed by atoms with Gasteiger partial charge in [-0.25, -0.2) is 0 Å². The molecule has 1 saturated carbocycles. The Morgan fingerprint density at radius 2 is 2.07 bits per heavy atom. The van der Waals surface area contributed by atoms with Crippen LogP contribution >= 0.6 is 0 Å². The normalized spacial score (nSPS) is 15.3. The van der Waals surface area contributed by atoms with Crippen LogP contribution in [0.2, 0.25) is 0 Å². The minimum absolute atomic E-state index is 0.735. The number of rotatable bonds is 5. The van der Waals surface area contributed by atoms with Crippen molar-refractivity contribution < 1.29 is 0 Å². The molecule has 0 heterocycles. The third-order valence-corrected chi connectivity index (χ3v) is 3.04. The van der Waals surface area contributed by atoms with Gasteiger partial charge in [0, 0.05) is 18.3 Å². The van der Waals surface area contributed by atoms with Gasteiger partial charge in [-0.15, -0.1) is 0 Å². The predicted octanol–water partition coefficient (Wildman–Crippen LogP) is 2.18. The van der Waals surface area contributed by atoms with Crippen LogP contribution in [0, 0.1) is 0 Å². The van der Waals surface area contributed by atoms with Crippen LogP contribution in [0.4, 0.5) is 5.69 Å². The largest absolute Gasteiger partial charge is 0.369 e. The Morgan fingerprint density at radius 3 is 2.67 bits per heavy atom. The molecule has 0 unspecified atom stereocenters. The molecule has 2 N–H and O–H groups in total. The molecule has 1 aromatic carbocycles. The summed E-state index contributed by atoms with van der Waals surface area (Å²) in [5.74, 6) is 0. The maximum atomic E-state index is 5.64. The van der Waals surface area contributed by atoms with Gasteiger partial charge in [0.2, 0.25) is 0 Å². The van der Waals surface area contributed by atoms with E-state index in [9.17, 15) is 0 Å². The van der Waals surface area contributed by atoms with E-state index in [0.29, 0.717) is 0 Å². The maximum Gasteiger partial charge on any atom is 0.0401 e. The molecule has 15 heavy (non-hydrogen) atoms. The highest BCUT2D eigenvalue weighted by atomic mass is 15.2. The van der Waals surface area contributed by atoms with Crippen LogP contribution in [0.15, 0.2) is 24.3 Å². The lowest BCUT2D eigenvalue weighted by molar-refractivity contribution is 0.813. The molecule has 2 nitrogen and oxygen atoms in total. The number of hydrogen-bond donors (Lipinski definition) is 1. The molecular formula is C13H20N2. The van der Waals surface area contributed by atoms with Crippen LogP contribution in [-0.2, 0) is 6.42 Å². The first-order chi connectivity index (χ1) is 7.36. The van der Waals surface area contributed by atoms with Gasteiger partial charge in [0.15, 0.2) is 0 Å². The molecule has 1 aliphatic carbocycles. The average molecular weight is 204 g/mol. The van der Waals surface area contributed by atoms with E-state index in [1.54, 1.807) is 0 Å². The third-order valence-electron chi connectivity index (χ3n) is 3.04. The molecule has 1 fully saturated rings. The molecular weight excluding hydrogens is 184 g/mol. The fourth-order valence-corrected chi connectivity index (χ4v) is 2.17. The van der Waals surface area contributed by atoms with Crippen LogP contribution in [0.25, 0.3) is 0 Å². The van der Waals surface area contributed by atoms with Gasteiger partial charge in [0.25, 0.3) is 0 Å². The highest BCUT2D eigenvalue weighted by Gasteiger charge is 2.28. The Bertz CT molecular complexity index is 318. The Kier molecular flexibility index (Phi) is 3.27. The molecule has 2 rings (SSSR count). The lowest BCUT2D eigenvalue weighted by Gasteiger charge is -2.25. The summed E-state index contributed by atoms with van der Waals surface area (Å²) < 4.78 is 0. The zero-order valence-corrected chi connectivity index (χ0v) is 9.45. The van der Waals surface area contributed by atoms with Gasteiger partial charge >= 0.3 is 0 Å². The van der Waals surface area contributed by atoms with Crippen molar-refractivity contribution in [1.82, 2.24) is 0 Å². The Morgan fingerprint density at radius 1 is 1.33 bits per heavy atom. The minimum atomic E-state index is 0.735. The first-order valence-corrected chi connectivity index (χ1v) is 5.91. The van der Waals surface area contributed by atoms with Crippen LogP contribution < -0.4 is 10.6 Å². The van der Waals surface area contributed by atoms with Gasteiger partial charge in [-0.1, -0.05) is 18.2 Å². The average Bonchev–Trinajstić information content (AvgIpc) is 3.06. The topological polar surface area (TPSA) is 29.3 Å². The predicted molar refractivity (Wildman–Crippen MR) is 65.2 cm³/mol. The molecule has 0 saturated heterocycles. The van der Waals surface area contributed by atoms with E-state index in [4.69, 9.17) is 5.73 Å². The van der Waals surface area contributed by atoms with Crippen molar-refractivity contribution in [2.45, 2.75) is 32.2 Å². The highest BCUT2D eigenvalue weighted by Crippen LogP contribution is 2.33. The van der Waals surface area contributed by atoms with Crippen LogP contribution in [-0.4, -0.2) is 19.1 Å². The summed E-state index contributed by atoms with van der Waals surface area (Å²) in [5.41, 5.74) is 8.44. The van der Waals surface area contributed by atoms with Crippen molar-refractivity contribution in [1.29, 1.82) is 0 Å². The van der Waals surface area contributed by atoms with Gasteiger partial charge in [0.05, 0.1) is 0 Å². The van der Waals surface area contributed by atoms with E-state index in [1.807, 2.05) is 0 Å². The van der Waals surface area contributed by atoms with E-state index in [1.165, 1.54) is 24.1 Å². The fraction of sp³-hybridized carbons (Fsp3) is 0.538. The highest BCUT2D eigenvalue weighted by molar-refractivity contribution is 5.55. The lowest BCUT2D eigenvalue weighted by atomic mass is 10.1. The number of nitrogens with zero attached hydrogens (tertiary/aromatic N) is 1. The summed E-state index contributed by atoms with van der Waals surface area (Å²) in [4.78, 5) is 2.52. The molecule has 0 radical (unpaired) electrons. The van der Waals surface area contributed by atoms with Crippen LogP contribution in [0.3, 0.4) is 0 Å². The number of para-hydroxylation sites is 1. The molecule has 0 aliphatic heterocycles. The quantitative estimate of drug-likeness (QED) is 0.796. The van der Waals surface area contributed by atoms with Gasteiger partial charge in [-0.3, -0.25) is 0 Å². The molecule has 1 aliphatic rings. The summed E-state index contributed by atoms with van der Waals surface area (Å²) in [6.45, 7) is 4.07. The summed E-state index contributed by atoms with van der Waals surface area (Å²) in [7, 11) is 0. The van der Waals surface area contributed by atoms with E-state index < -0.39 is 0 Å². The number of hydrogen-bond acceptors (Lipinski definition) is 2. The summed E-state index contributed by atoms with van der Waals surface area (Å²) in [6, 6.07) is 9.45. The van der Waals surface area contributed by atoms with E-state index in [2.05, 4.69) is 36.1 Å². The van der Waals surface area contributed by atoms with Gasteiger partial charge < -0.3 is 10.6 Å². The second-order valence-corrected chi connectivity index (χ2v) is 4.18. The summed E-state index contributed by atoms with van der Waals surface area (Å²) in [6.07, 6.45) is 3.69. The number of nitrogens with two attached hydrogens (primary N) is 1. The Balaban J connectivity index is 2.23. The molecule has 1 aromatic rings. The lowest BCUT2D eigenvalue weighted by Crippen LogP contribution is -2.26. The van der Waals surface area contributed by atoms with Gasteiger partial charge in [-0.05, 0) is 44.4 Å². The maximum absolute atomic E-state index is 5.64. The summed E-state index contributed by atoms with van der Waals surface area (Å²) >= 11 is 0. The smallest absolute Gasteiger partial charge is 0.0401 e. The van der Waals surface area contributed by atoms with Gasteiger partial charge in [-0.2, -0.15) is 0 Å². The monoisotopic (exact) mass is 204 g/mol. The number of anilines is 1. The van der Waals surface area contributed by atoms with Crippen molar-refractivity contribution in [2.24, 2.45) is 5.73 Å². The molecule has 0 atom stereocenters. The van der Waals surface area contributed by atoms with Crippen LogP contribution in [0.5, 0.6) is 0 Å². The molecule has 0 bridgehead atoms. The molecule has 2 heteroatoms. The Labute approximate surface area is 92.1 Å². The van der Waals surface area contributed by atoms with Gasteiger partial charge in [0.1, 0.15) is 0 Å². The van der Waals surface area contributed by atoms with Crippen molar-refractivity contribution in [3.8, 4) is 0 Å². The number of benzene rings is 1. The van der Waals surface area contributed by atoms with Crippen molar-refractivity contribution in [3.63, 3.8) is 0 Å². The fourth-order valence-electron chi connectivity index (χ4n) is 2.17. The van der Waals surface area contributed by atoms with E-state index >= 15 is 0 Å². The van der Waals surface area contributed by atoms with E-state index in [-0.39, 0.29) is 0 Å². The first kappa shape index (κ1) is 10.5. The van der Waals surface area contributed by atoms with Crippen LogP contribution in [0.1, 0.15) is 25.3 Å². The standard InChI is InChI=1S/C13H20N2/c1-2-15(12-7-8-12)13-6-4-3-5-11(13)9-10-14/h3-6,12H,2,7-10,14H2,1H3. The minimum Gasteiger partial charge on any atom is -0.369 e. The van der Waals surface area contributed by atoms with Crippen molar-refractivity contribution >= 4 is 5.69 Å². The SMILES string of the molecule is CCN(c1ccccc1CCN)C1CC1. The Hall–Kier alpha value is -1.02. The second-order valence-electron chi connectivity index (χ2n) is 4.18. The zero-order chi connectivity index (χ0) is 10.7. The third kappa shape index (κ3) is 2.32. The molecule has 0 spiro atoms.